The number of hydrogen-bond donors (Lipinski definition) is 1. The Kier molecular flexibility index (Phi) is 3.84. The zero-order chi connectivity index (χ0) is 13.0. The molecule has 3 nitrogen and oxygen atoms in total. The van der Waals surface area contributed by atoms with E-state index in [1.165, 1.54) is 24.3 Å². The van der Waals surface area contributed by atoms with Gasteiger partial charge in [0.25, 0.3) is 5.91 Å². The van der Waals surface area contributed by atoms with Crippen molar-refractivity contribution in [2.24, 2.45) is 5.10 Å². The van der Waals surface area contributed by atoms with Gasteiger partial charge in [-0.05, 0) is 48.2 Å². The van der Waals surface area contributed by atoms with E-state index in [9.17, 15) is 9.18 Å². The van der Waals surface area contributed by atoms with E-state index in [1.807, 2.05) is 18.4 Å². The summed E-state index contributed by atoms with van der Waals surface area (Å²) >= 11 is 1.55. The average molecular weight is 262 g/mol. The topological polar surface area (TPSA) is 41.5 Å². The second-order valence-corrected chi connectivity index (χ2v) is 4.62. The van der Waals surface area contributed by atoms with Crippen molar-refractivity contribution >= 4 is 23.5 Å². The molecular weight excluding hydrogens is 251 g/mol. The molecule has 1 aromatic heterocycles. The Bertz CT molecular complexity index is 575. The first-order valence-electron chi connectivity index (χ1n) is 5.30. The van der Waals surface area contributed by atoms with Crippen LogP contribution in [0.5, 0.6) is 0 Å². The van der Waals surface area contributed by atoms with Crippen molar-refractivity contribution in [3.63, 3.8) is 0 Å². The van der Waals surface area contributed by atoms with E-state index < -0.39 is 0 Å². The minimum atomic E-state index is -0.371. The van der Waals surface area contributed by atoms with Crippen LogP contribution in [0.3, 0.4) is 0 Å². The van der Waals surface area contributed by atoms with Gasteiger partial charge in [-0.25, -0.2) is 9.82 Å². The maximum Gasteiger partial charge on any atom is 0.271 e. The first-order chi connectivity index (χ1) is 8.66. The molecule has 18 heavy (non-hydrogen) atoms. The molecule has 1 amide bonds. The van der Waals surface area contributed by atoms with Crippen LogP contribution in [-0.2, 0) is 0 Å². The van der Waals surface area contributed by atoms with Crippen molar-refractivity contribution in [3.8, 4) is 0 Å². The fraction of sp³-hybridized carbons (Fsp3) is 0.0769. The molecule has 0 spiro atoms. The molecule has 2 aromatic rings. The number of carbonyl (C=O) groups is 1. The van der Waals surface area contributed by atoms with Crippen molar-refractivity contribution in [1.29, 1.82) is 0 Å². The number of nitrogens with one attached hydrogen (secondary N) is 1. The highest BCUT2D eigenvalue weighted by Crippen LogP contribution is 2.12. The van der Waals surface area contributed by atoms with Crippen LogP contribution in [0.25, 0.3) is 0 Å². The quantitative estimate of drug-likeness (QED) is 0.670. The number of halogens is 1. The molecule has 0 aliphatic heterocycles. The summed E-state index contributed by atoms with van der Waals surface area (Å²) in [5, 5.41) is 5.82. The summed E-state index contributed by atoms with van der Waals surface area (Å²) in [6.07, 6.45) is 1.60. The highest BCUT2D eigenvalue weighted by molar-refractivity contribution is 7.11. The molecule has 1 aromatic carbocycles. The Hall–Kier alpha value is -2.01. The highest BCUT2D eigenvalue weighted by atomic mass is 32.1. The van der Waals surface area contributed by atoms with Crippen LogP contribution in [0.15, 0.2) is 40.8 Å². The first kappa shape index (κ1) is 12.4. The lowest BCUT2D eigenvalue weighted by molar-refractivity contribution is 0.0955. The van der Waals surface area contributed by atoms with Gasteiger partial charge < -0.3 is 0 Å². The standard InChI is InChI=1S/C13H11FN2OS/c1-9-6-7-18-12(9)8-15-16-13(17)10-2-4-11(14)5-3-10/h2-8H,1H3,(H,16,17). The maximum absolute atomic E-state index is 12.7. The largest absolute Gasteiger partial charge is 0.271 e. The minimum absolute atomic E-state index is 0.361. The van der Waals surface area contributed by atoms with E-state index in [4.69, 9.17) is 0 Å². The lowest BCUT2D eigenvalue weighted by Gasteiger charge is -1.99. The number of benzene rings is 1. The third-order valence-electron chi connectivity index (χ3n) is 2.36. The van der Waals surface area contributed by atoms with Crippen LogP contribution in [0, 0.1) is 12.7 Å². The maximum atomic E-state index is 12.7. The Morgan fingerprint density at radius 2 is 2.06 bits per heavy atom. The Labute approximate surface area is 108 Å². The van der Waals surface area contributed by atoms with Crippen molar-refractivity contribution in [1.82, 2.24) is 5.43 Å². The molecule has 0 saturated carbocycles. The molecule has 0 atom stereocenters. The number of aryl methyl sites for hydroxylation is 1. The zero-order valence-corrected chi connectivity index (χ0v) is 10.5. The third-order valence-corrected chi connectivity index (χ3v) is 3.31. The first-order valence-corrected chi connectivity index (χ1v) is 6.18. The van der Waals surface area contributed by atoms with Gasteiger partial charge in [0.15, 0.2) is 0 Å². The van der Waals surface area contributed by atoms with E-state index in [-0.39, 0.29) is 11.7 Å². The smallest absolute Gasteiger partial charge is 0.267 e. The lowest BCUT2D eigenvalue weighted by Crippen LogP contribution is -2.17. The zero-order valence-electron chi connectivity index (χ0n) is 9.68. The normalized spacial score (nSPS) is 10.8. The Morgan fingerprint density at radius 3 is 2.67 bits per heavy atom. The number of hydrogen-bond acceptors (Lipinski definition) is 3. The molecule has 5 heteroatoms. The van der Waals surface area contributed by atoms with Crippen LogP contribution < -0.4 is 5.43 Å². The summed E-state index contributed by atoms with van der Waals surface area (Å²) in [5.74, 6) is -0.732. The summed E-state index contributed by atoms with van der Waals surface area (Å²) in [5.41, 5.74) is 3.88. The van der Waals surface area contributed by atoms with Gasteiger partial charge in [-0.15, -0.1) is 11.3 Å². The summed E-state index contributed by atoms with van der Waals surface area (Å²) in [7, 11) is 0. The van der Waals surface area contributed by atoms with Gasteiger partial charge in [0.05, 0.1) is 6.21 Å². The van der Waals surface area contributed by atoms with Gasteiger partial charge in [-0.1, -0.05) is 0 Å². The monoisotopic (exact) mass is 262 g/mol. The fourth-order valence-corrected chi connectivity index (χ4v) is 2.12. The number of nitrogens with zero attached hydrogens (tertiary/aromatic N) is 1. The number of hydrazone groups is 1. The molecule has 0 radical (unpaired) electrons. The summed E-state index contributed by atoms with van der Waals surface area (Å²) in [6, 6.07) is 7.28. The van der Waals surface area contributed by atoms with Crippen LogP contribution >= 0.6 is 11.3 Å². The fourth-order valence-electron chi connectivity index (χ4n) is 1.33. The number of amides is 1. The third kappa shape index (κ3) is 3.01. The molecule has 0 aliphatic carbocycles. The SMILES string of the molecule is Cc1ccsc1C=NNC(=O)c1ccc(F)cc1. The predicted octanol–water partition coefficient (Wildman–Crippen LogP) is 2.96. The van der Waals surface area contributed by atoms with E-state index in [2.05, 4.69) is 10.5 Å². The second-order valence-electron chi connectivity index (χ2n) is 3.67. The lowest BCUT2D eigenvalue weighted by atomic mass is 10.2. The molecule has 0 saturated heterocycles. The predicted molar refractivity (Wildman–Crippen MR) is 70.5 cm³/mol. The Morgan fingerprint density at radius 1 is 1.33 bits per heavy atom. The van der Waals surface area contributed by atoms with E-state index in [1.54, 1.807) is 17.6 Å². The summed E-state index contributed by atoms with van der Waals surface area (Å²) < 4.78 is 12.7. The molecule has 2 rings (SSSR count). The van der Waals surface area contributed by atoms with Gasteiger partial charge in [0.2, 0.25) is 0 Å². The van der Waals surface area contributed by atoms with Gasteiger partial charge >= 0.3 is 0 Å². The van der Waals surface area contributed by atoms with Crippen molar-refractivity contribution in [2.75, 3.05) is 0 Å². The van der Waals surface area contributed by atoms with Crippen LogP contribution in [0.2, 0.25) is 0 Å². The summed E-state index contributed by atoms with van der Waals surface area (Å²) in [6.45, 7) is 1.97. The molecule has 0 aliphatic rings. The number of thiophene rings is 1. The van der Waals surface area contributed by atoms with E-state index in [0.717, 1.165) is 10.4 Å². The highest BCUT2D eigenvalue weighted by Gasteiger charge is 2.03. The summed E-state index contributed by atoms with van der Waals surface area (Å²) in [4.78, 5) is 12.6. The van der Waals surface area contributed by atoms with Crippen molar-refractivity contribution < 1.29 is 9.18 Å². The molecule has 0 fully saturated rings. The van der Waals surface area contributed by atoms with Crippen LogP contribution in [0.4, 0.5) is 4.39 Å². The van der Waals surface area contributed by atoms with Crippen LogP contribution in [0.1, 0.15) is 20.8 Å². The molecule has 92 valence electrons. The van der Waals surface area contributed by atoms with Gasteiger partial charge in [0, 0.05) is 10.4 Å². The van der Waals surface area contributed by atoms with Crippen LogP contribution in [-0.4, -0.2) is 12.1 Å². The minimum Gasteiger partial charge on any atom is -0.267 e. The molecule has 1 heterocycles. The molecule has 0 bridgehead atoms. The van der Waals surface area contributed by atoms with Gasteiger partial charge in [-0.2, -0.15) is 5.10 Å². The number of rotatable bonds is 3. The van der Waals surface area contributed by atoms with Gasteiger partial charge in [-0.3, -0.25) is 4.79 Å². The number of carbonyl (C=O) groups excluding carboxylic acids is 1. The Balaban J connectivity index is 1.98. The van der Waals surface area contributed by atoms with Gasteiger partial charge in [0.1, 0.15) is 5.82 Å². The second kappa shape index (κ2) is 5.55. The van der Waals surface area contributed by atoms with E-state index in [0.29, 0.717) is 5.56 Å². The molecular formula is C13H11FN2OS. The molecule has 0 unspecified atom stereocenters. The van der Waals surface area contributed by atoms with Crippen molar-refractivity contribution in [2.45, 2.75) is 6.92 Å². The molecule has 1 N–H and O–H groups in total. The van der Waals surface area contributed by atoms with E-state index >= 15 is 0 Å². The van der Waals surface area contributed by atoms with Crippen molar-refractivity contribution in [3.05, 3.63) is 57.5 Å². The average Bonchev–Trinajstić information content (AvgIpc) is 2.76.